The van der Waals surface area contributed by atoms with E-state index in [1.54, 1.807) is 28.7 Å². The van der Waals surface area contributed by atoms with E-state index in [-0.39, 0.29) is 11.9 Å². The summed E-state index contributed by atoms with van der Waals surface area (Å²) < 4.78 is 18.1. The van der Waals surface area contributed by atoms with Gasteiger partial charge in [0.25, 0.3) is 5.91 Å². The summed E-state index contributed by atoms with van der Waals surface area (Å²) in [6.45, 7) is 5.45. The van der Waals surface area contributed by atoms with Crippen LogP contribution in [0.4, 0.5) is 4.39 Å². The molecule has 1 saturated heterocycles. The lowest BCUT2D eigenvalue weighted by molar-refractivity contribution is 0.0749. The minimum atomic E-state index is -0.837. The smallest absolute Gasteiger partial charge is 0.256 e. The van der Waals surface area contributed by atoms with Gasteiger partial charge in [-0.05, 0) is 31.8 Å². The average molecular weight is 369 g/mol. The lowest BCUT2D eigenvalue weighted by atomic mass is 10.1. The topological polar surface area (TPSA) is 49.3 Å². The fourth-order valence-corrected chi connectivity index (χ4v) is 4.56. The number of thiazole rings is 1. The molecular formula is C16H21FN4OS2. The Morgan fingerprint density at radius 1 is 1.46 bits per heavy atom. The molecule has 2 atom stereocenters. The Balaban J connectivity index is 1.67. The molecule has 130 valence electrons. The van der Waals surface area contributed by atoms with E-state index in [0.29, 0.717) is 31.6 Å². The van der Waals surface area contributed by atoms with Crippen molar-refractivity contribution in [2.24, 2.45) is 0 Å². The van der Waals surface area contributed by atoms with Gasteiger partial charge in [-0.15, -0.1) is 11.3 Å². The molecule has 0 N–H and O–H groups in total. The maximum Gasteiger partial charge on any atom is 0.256 e. The Kier molecular flexibility index (Phi) is 5.27. The second-order valence-corrected chi connectivity index (χ2v) is 7.84. The van der Waals surface area contributed by atoms with E-state index in [0.717, 1.165) is 11.4 Å². The molecule has 1 aliphatic rings. The summed E-state index contributed by atoms with van der Waals surface area (Å²) in [7, 11) is 1.78. The van der Waals surface area contributed by atoms with E-state index >= 15 is 0 Å². The molecule has 2 aromatic rings. The Morgan fingerprint density at radius 3 is 2.88 bits per heavy atom. The second-order valence-electron chi connectivity index (χ2n) is 6.28. The number of rotatable bonds is 5. The minimum absolute atomic E-state index is 0.0300. The van der Waals surface area contributed by atoms with Gasteiger partial charge in [0.15, 0.2) is 0 Å². The van der Waals surface area contributed by atoms with Gasteiger partial charge in [0.2, 0.25) is 0 Å². The van der Waals surface area contributed by atoms with Crippen molar-refractivity contribution in [2.45, 2.75) is 39.0 Å². The van der Waals surface area contributed by atoms with Crippen molar-refractivity contribution in [1.29, 1.82) is 0 Å². The van der Waals surface area contributed by atoms with E-state index in [9.17, 15) is 9.18 Å². The lowest BCUT2D eigenvalue weighted by Gasteiger charge is -2.28. The van der Waals surface area contributed by atoms with Crippen molar-refractivity contribution < 1.29 is 9.18 Å². The predicted molar refractivity (Wildman–Crippen MR) is 94.4 cm³/mol. The summed E-state index contributed by atoms with van der Waals surface area (Å²) in [4.78, 5) is 21.8. The number of hydrogen-bond acceptors (Lipinski definition) is 6. The summed E-state index contributed by atoms with van der Waals surface area (Å²) in [6.07, 6.45) is -0.368. The first-order valence-electron chi connectivity index (χ1n) is 7.89. The molecule has 8 heteroatoms. The lowest BCUT2D eigenvalue weighted by Crippen LogP contribution is -2.41. The molecule has 0 aromatic carbocycles. The zero-order chi connectivity index (χ0) is 17.3. The third kappa shape index (κ3) is 3.65. The number of carbonyl (C=O) groups is 1. The number of likely N-dealkylation sites (N-methyl/N-ethyl adjacent to an activating group) is 1. The van der Waals surface area contributed by atoms with Crippen molar-refractivity contribution in [3.63, 3.8) is 0 Å². The fraction of sp³-hybridized carbons (Fsp3) is 0.562. The molecule has 1 fully saturated rings. The zero-order valence-corrected chi connectivity index (χ0v) is 15.7. The summed E-state index contributed by atoms with van der Waals surface area (Å²) in [5.41, 5.74) is 4.22. The van der Waals surface area contributed by atoms with Gasteiger partial charge in [-0.3, -0.25) is 9.69 Å². The highest BCUT2D eigenvalue weighted by Gasteiger charge is 2.34. The molecule has 3 heterocycles. The standard InChI is InChI=1S/C16H21FN4OS2/c1-10-14(8-24-19-10)16(22)20(3)6-13-4-12(17)5-21(13)7-15-11(2)18-9-23-15/h8-9,12-13H,4-7H2,1-3H3/t12-,13-/m0/s1. The van der Waals surface area contributed by atoms with E-state index < -0.39 is 6.17 Å². The number of nitrogens with zero attached hydrogens (tertiary/aromatic N) is 4. The molecule has 3 rings (SSSR count). The van der Waals surface area contributed by atoms with Crippen LogP contribution in [0, 0.1) is 13.8 Å². The van der Waals surface area contributed by atoms with Gasteiger partial charge in [-0.2, -0.15) is 4.37 Å². The number of carbonyl (C=O) groups excluding carboxylic acids is 1. The summed E-state index contributed by atoms with van der Waals surface area (Å²) in [5.74, 6) is -0.0440. The highest BCUT2D eigenvalue weighted by Crippen LogP contribution is 2.26. The maximum absolute atomic E-state index is 14.0. The molecule has 0 radical (unpaired) electrons. The van der Waals surface area contributed by atoms with Crippen LogP contribution in [0.1, 0.15) is 33.0 Å². The van der Waals surface area contributed by atoms with Crippen LogP contribution in [0.15, 0.2) is 10.9 Å². The summed E-state index contributed by atoms with van der Waals surface area (Å²) in [6, 6.07) is 0.0300. The van der Waals surface area contributed by atoms with Crippen LogP contribution in [0.2, 0.25) is 0 Å². The molecule has 0 spiro atoms. The van der Waals surface area contributed by atoms with Gasteiger partial charge in [-0.1, -0.05) is 0 Å². The van der Waals surface area contributed by atoms with E-state index in [1.165, 1.54) is 16.4 Å². The number of alkyl halides is 1. The van der Waals surface area contributed by atoms with Gasteiger partial charge in [-0.25, -0.2) is 9.37 Å². The molecule has 0 bridgehead atoms. The van der Waals surface area contributed by atoms with Crippen LogP contribution < -0.4 is 0 Å². The molecule has 5 nitrogen and oxygen atoms in total. The maximum atomic E-state index is 14.0. The van der Waals surface area contributed by atoms with Crippen molar-refractivity contribution in [3.05, 3.63) is 32.7 Å². The van der Waals surface area contributed by atoms with Crippen LogP contribution >= 0.6 is 22.9 Å². The molecule has 0 saturated carbocycles. The largest absolute Gasteiger partial charge is 0.340 e. The first kappa shape index (κ1) is 17.4. The number of aromatic nitrogens is 2. The Morgan fingerprint density at radius 2 is 2.25 bits per heavy atom. The van der Waals surface area contributed by atoms with Crippen LogP contribution in [0.25, 0.3) is 0 Å². The van der Waals surface area contributed by atoms with Crippen LogP contribution in [0.3, 0.4) is 0 Å². The minimum Gasteiger partial charge on any atom is -0.340 e. The normalized spacial score (nSPS) is 21.3. The number of aryl methyl sites for hydroxylation is 2. The van der Waals surface area contributed by atoms with E-state index in [4.69, 9.17) is 0 Å². The zero-order valence-electron chi connectivity index (χ0n) is 14.0. The van der Waals surface area contributed by atoms with Gasteiger partial charge in [0.1, 0.15) is 6.17 Å². The Hall–Kier alpha value is -1.38. The highest BCUT2D eigenvalue weighted by atomic mass is 32.1. The van der Waals surface area contributed by atoms with Crippen molar-refractivity contribution in [3.8, 4) is 0 Å². The van der Waals surface area contributed by atoms with Crippen LogP contribution in [0.5, 0.6) is 0 Å². The van der Waals surface area contributed by atoms with E-state index in [2.05, 4.69) is 14.3 Å². The average Bonchev–Trinajstić information content (AvgIpc) is 3.22. The third-order valence-corrected chi connectivity index (χ3v) is 6.12. The predicted octanol–water partition coefficient (Wildman–Crippen LogP) is 2.90. The second kappa shape index (κ2) is 7.25. The fourth-order valence-electron chi connectivity index (χ4n) is 3.07. The summed E-state index contributed by atoms with van der Waals surface area (Å²) >= 11 is 2.89. The number of likely N-dealkylation sites (tertiary alicyclic amines) is 1. The van der Waals surface area contributed by atoms with Gasteiger partial charge in [0.05, 0.1) is 22.5 Å². The molecular weight excluding hydrogens is 347 g/mol. The number of amides is 1. The Bertz CT molecular complexity index is 717. The molecule has 24 heavy (non-hydrogen) atoms. The van der Waals surface area contributed by atoms with Crippen LogP contribution in [-0.4, -0.2) is 57.4 Å². The SMILES string of the molecule is Cc1nscc1C(=O)N(C)C[C@@H]1C[C@H](F)CN1Cc1scnc1C. The van der Waals surface area contributed by atoms with Gasteiger partial charge in [0, 0.05) is 43.0 Å². The summed E-state index contributed by atoms with van der Waals surface area (Å²) in [5, 5.41) is 1.78. The monoisotopic (exact) mass is 368 g/mol. The van der Waals surface area contributed by atoms with E-state index in [1.807, 2.05) is 19.4 Å². The molecule has 1 amide bonds. The number of halogens is 1. The van der Waals surface area contributed by atoms with Crippen molar-refractivity contribution >= 4 is 28.8 Å². The Labute approximate surface area is 149 Å². The number of hydrogen-bond donors (Lipinski definition) is 0. The first-order chi connectivity index (χ1) is 11.5. The quantitative estimate of drug-likeness (QED) is 0.814. The molecule has 2 aromatic heterocycles. The van der Waals surface area contributed by atoms with Crippen LogP contribution in [-0.2, 0) is 6.54 Å². The molecule has 0 aliphatic carbocycles. The highest BCUT2D eigenvalue weighted by molar-refractivity contribution is 7.09. The first-order valence-corrected chi connectivity index (χ1v) is 9.60. The van der Waals surface area contributed by atoms with Gasteiger partial charge >= 0.3 is 0 Å². The van der Waals surface area contributed by atoms with Gasteiger partial charge < -0.3 is 4.90 Å². The van der Waals surface area contributed by atoms with Crippen molar-refractivity contribution in [2.75, 3.05) is 20.1 Å². The molecule has 1 aliphatic heterocycles. The third-order valence-electron chi connectivity index (χ3n) is 4.48. The van der Waals surface area contributed by atoms with Crippen molar-refractivity contribution in [1.82, 2.24) is 19.2 Å². The molecule has 0 unspecified atom stereocenters.